The highest BCUT2D eigenvalue weighted by atomic mass is 16.5. The molecule has 1 aromatic carbocycles. The minimum absolute atomic E-state index is 0.128. The average molecular weight is 291 g/mol. The van der Waals surface area contributed by atoms with Gasteiger partial charge in [0.25, 0.3) is 0 Å². The molecule has 1 fully saturated rings. The average Bonchev–Trinajstić information content (AvgIpc) is 2.53. The van der Waals surface area contributed by atoms with E-state index >= 15 is 0 Å². The van der Waals surface area contributed by atoms with Crippen LogP contribution in [-0.2, 0) is 14.3 Å². The number of carbonyl (C=O) groups is 2. The third kappa shape index (κ3) is 4.04. The maximum atomic E-state index is 12.3. The molecule has 0 aliphatic carbocycles. The fourth-order valence-electron chi connectivity index (χ4n) is 2.49. The number of ether oxygens (including phenoxy) is 1. The molecule has 1 aliphatic heterocycles. The van der Waals surface area contributed by atoms with Gasteiger partial charge in [0.05, 0.1) is 17.9 Å². The summed E-state index contributed by atoms with van der Waals surface area (Å²) in [5.41, 5.74) is 0.989. The van der Waals surface area contributed by atoms with Gasteiger partial charge in [-0.05, 0) is 18.4 Å². The van der Waals surface area contributed by atoms with Crippen molar-refractivity contribution in [1.29, 1.82) is 0 Å². The van der Waals surface area contributed by atoms with E-state index in [1.165, 1.54) is 0 Å². The number of aliphatic carboxylic acids is 1. The molecule has 1 heterocycles. The van der Waals surface area contributed by atoms with Crippen molar-refractivity contribution < 1.29 is 19.4 Å². The number of carbonyl (C=O) groups excluding carboxylic acids is 1. The summed E-state index contributed by atoms with van der Waals surface area (Å²) in [6.45, 7) is 2.37. The molecule has 21 heavy (non-hydrogen) atoms. The smallest absolute Gasteiger partial charge is 0.308 e. The molecule has 2 N–H and O–H groups in total. The highest BCUT2D eigenvalue weighted by Crippen LogP contribution is 2.33. The standard InChI is InChI=1S/C16H21NO4/c1-11(16(19)20)10-17-15(18)13-8-5-9-21-14(13)12-6-3-2-4-7-12/h2-4,6-7,11,13-14H,5,8-10H2,1H3,(H,17,18)(H,19,20). The van der Waals surface area contributed by atoms with Crippen LogP contribution in [0.4, 0.5) is 0 Å². The van der Waals surface area contributed by atoms with Crippen molar-refractivity contribution in [3.8, 4) is 0 Å². The van der Waals surface area contributed by atoms with E-state index in [-0.39, 0.29) is 24.5 Å². The van der Waals surface area contributed by atoms with Gasteiger partial charge in [0.1, 0.15) is 0 Å². The minimum atomic E-state index is -0.908. The first-order valence-corrected chi connectivity index (χ1v) is 7.26. The summed E-state index contributed by atoms with van der Waals surface area (Å²) in [7, 11) is 0. The zero-order chi connectivity index (χ0) is 15.2. The van der Waals surface area contributed by atoms with Gasteiger partial charge in [0.2, 0.25) is 5.91 Å². The number of carboxylic acids is 1. The fourth-order valence-corrected chi connectivity index (χ4v) is 2.49. The highest BCUT2D eigenvalue weighted by molar-refractivity contribution is 5.80. The Morgan fingerprint density at radius 1 is 1.38 bits per heavy atom. The summed E-state index contributed by atoms with van der Waals surface area (Å²) in [6.07, 6.45) is 1.35. The van der Waals surface area contributed by atoms with E-state index in [1.54, 1.807) is 6.92 Å². The lowest BCUT2D eigenvalue weighted by molar-refractivity contribution is -0.141. The Balaban J connectivity index is 2.01. The molecule has 3 atom stereocenters. The molecular weight excluding hydrogens is 270 g/mol. The number of nitrogens with one attached hydrogen (secondary N) is 1. The van der Waals surface area contributed by atoms with Crippen LogP contribution in [0.25, 0.3) is 0 Å². The molecule has 1 amide bonds. The van der Waals surface area contributed by atoms with E-state index in [4.69, 9.17) is 9.84 Å². The predicted octanol–water partition coefficient (Wildman–Crippen LogP) is 1.99. The van der Waals surface area contributed by atoms with E-state index in [2.05, 4.69) is 5.32 Å². The number of carboxylic acid groups (broad SMARTS) is 1. The minimum Gasteiger partial charge on any atom is -0.481 e. The van der Waals surface area contributed by atoms with Crippen LogP contribution in [0.3, 0.4) is 0 Å². The van der Waals surface area contributed by atoms with Crippen LogP contribution < -0.4 is 5.32 Å². The van der Waals surface area contributed by atoms with Crippen LogP contribution >= 0.6 is 0 Å². The highest BCUT2D eigenvalue weighted by Gasteiger charge is 2.33. The summed E-state index contributed by atoms with van der Waals surface area (Å²) in [5.74, 6) is -1.89. The molecular formula is C16H21NO4. The summed E-state index contributed by atoms with van der Waals surface area (Å²) in [6, 6.07) is 9.69. The second-order valence-corrected chi connectivity index (χ2v) is 5.44. The van der Waals surface area contributed by atoms with E-state index in [9.17, 15) is 9.59 Å². The van der Waals surface area contributed by atoms with Crippen molar-refractivity contribution in [3.05, 3.63) is 35.9 Å². The largest absolute Gasteiger partial charge is 0.481 e. The third-order valence-corrected chi connectivity index (χ3v) is 3.79. The lowest BCUT2D eigenvalue weighted by atomic mass is 9.88. The third-order valence-electron chi connectivity index (χ3n) is 3.79. The second kappa shape index (κ2) is 7.22. The Morgan fingerprint density at radius 3 is 2.76 bits per heavy atom. The van der Waals surface area contributed by atoms with Crippen molar-refractivity contribution in [2.24, 2.45) is 11.8 Å². The summed E-state index contributed by atoms with van der Waals surface area (Å²) in [4.78, 5) is 23.1. The fraction of sp³-hybridized carbons (Fsp3) is 0.500. The first-order chi connectivity index (χ1) is 10.1. The van der Waals surface area contributed by atoms with E-state index in [0.29, 0.717) is 6.61 Å². The van der Waals surface area contributed by atoms with Gasteiger partial charge in [-0.25, -0.2) is 0 Å². The van der Waals surface area contributed by atoms with Crippen molar-refractivity contribution in [2.75, 3.05) is 13.2 Å². The van der Waals surface area contributed by atoms with E-state index < -0.39 is 11.9 Å². The normalized spacial score (nSPS) is 23.3. The SMILES string of the molecule is CC(CNC(=O)C1CCCOC1c1ccccc1)C(=O)O. The molecule has 0 saturated carbocycles. The Bertz CT molecular complexity index is 488. The maximum Gasteiger partial charge on any atom is 0.308 e. The van der Waals surface area contributed by atoms with E-state index in [0.717, 1.165) is 18.4 Å². The van der Waals surface area contributed by atoms with Crippen LogP contribution in [0.2, 0.25) is 0 Å². The van der Waals surface area contributed by atoms with Gasteiger partial charge < -0.3 is 15.2 Å². The molecule has 0 radical (unpaired) electrons. The van der Waals surface area contributed by atoms with E-state index in [1.807, 2.05) is 30.3 Å². The number of rotatable bonds is 5. The Morgan fingerprint density at radius 2 is 2.10 bits per heavy atom. The first-order valence-electron chi connectivity index (χ1n) is 7.26. The van der Waals surface area contributed by atoms with Crippen molar-refractivity contribution in [3.63, 3.8) is 0 Å². The van der Waals surface area contributed by atoms with Gasteiger partial charge >= 0.3 is 5.97 Å². The number of hydrogen-bond donors (Lipinski definition) is 2. The number of benzene rings is 1. The van der Waals surface area contributed by atoms with Gasteiger partial charge in [0.15, 0.2) is 0 Å². The van der Waals surface area contributed by atoms with Gasteiger partial charge in [-0.1, -0.05) is 37.3 Å². The van der Waals surface area contributed by atoms with Gasteiger partial charge in [0, 0.05) is 13.2 Å². The van der Waals surface area contributed by atoms with Crippen LogP contribution in [0, 0.1) is 11.8 Å². The lowest BCUT2D eigenvalue weighted by Gasteiger charge is -2.31. The van der Waals surface area contributed by atoms with Crippen LogP contribution in [0.15, 0.2) is 30.3 Å². The number of amides is 1. The molecule has 3 unspecified atom stereocenters. The molecule has 0 spiro atoms. The molecule has 0 bridgehead atoms. The Labute approximate surface area is 124 Å². The zero-order valence-electron chi connectivity index (χ0n) is 12.1. The molecule has 1 saturated heterocycles. The van der Waals surface area contributed by atoms with Crippen LogP contribution in [0.5, 0.6) is 0 Å². The van der Waals surface area contributed by atoms with Crippen LogP contribution in [-0.4, -0.2) is 30.1 Å². The number of hydrogen-bond acceptors (Lipinski definition) is 3. The zero-order valence-corrected chi connectivity index (χ0v) is 12.1. The van der Waals surface area contributed by atoms with Gasteiger partial charge in [-0.3, -0.25) is 9.59 Å². The molecule has 5 nitrogen and oxygen atoms in total. The summed E-state index contributed by atoms with van der Waals surface area (Å²) < 4.78 is 5.77. The maximum absolute atomic E-state index is 12.3. The molecule has 1 aromatic rings. The summed E-state index contributed by atoms with van der Waals surface area (Å²) >= 11 is 0. The molecule has 1 aliphatic rings. The molecule has 114 valence electrons. The lowest BCUT2D eigenvalue weighted by Crippen LogP contribution is -2.40. The van der Waals surface area contributed by atoms with Crippen molar-refractivity contribution >= 4 is 11.9 Å². The van der Waals surface area contributed by atoms with Gasteiger partial charge in [-0.2, -0.15) is 0 Å². The van der Waals surface area contributed by atoms with Crippen LogP contribution in [0.1, 0.15) is 31.4 Å². The summed E-state index contributed by atoms with van der Waals surface area (Å²) in [5, 5.41) is 11.6. The monoisotopic (exact) mass is 291 g/mol. The topological polar surface area (TPSA) is 75.6 Å². The molecule has 2 rings (SSSR count). The first kappa shape index (κ1) is 15.5. The predicted molar refractivity (Wildman–Crippen MR) is 77.7 cm³/mol. The molecule has 0 aromatic heterocycles. The Hall–Kier alpha value is -1.88. The van der Waals surface area contributed by atoms with Gasteiger partial charge in [-0.15, -0.1) is 0 Å². The molecule has 5 heteroatoms. The van der Waals surface area contributed by atoms with Crippen molar-refractivity contribution in [2.45, 2.75) is 25.9 Å². The Kier molecular flexibility index (Phi) is 5.33. The second-order valence-electron chi connectivity index (χ2n) is 5.44. The van der Waals surface area contributed by atoms with Crippen molar-refractivity contribution in [1.82, 2.24) is 5.32 Å². The quantitative estimate of drug-likeness (QED) is 0.870.